The molecule has 0 spiro atoms. The molecule has 0 fully saturated rings. The van der Waals surface area contributed by atoms with Gasteiger partial charge in [0.05, 0.1) is 11.5 Å². The molecule has 0 radical (unpaired) electrons. The lowest BCUT2D eigenvalue weighted by Gasteiger charge is -2.15. The van der Waals surface area contributed by atoms with Crippen LogP contribution in [-0.4, -0.2) is 9.91 Å². The number of hydrogen-bond donors (Lipinski definition) is 1. The van der Waals surface area contributed by atoms with Crippen LogP contribution in [0.2, 0.25) is 0 Å². The van der Waals surface area contributed by atoms with E-state index >= 15 is 0 Å². The first kappa shape index (κ1) is 19.3. The molecule has 2 aromatic carbocycles. The maximum atomic E-state index is 10.4. The minimum atomic E-state index is -0.499. The SMILES string of the molecule is CC(C)(C#N)c1ccc(N)cc1.O=[N+]([O-])c1ccc2cc(Br)ccc2n1. The lowest BCUT2D eigenvalue weighted by atomic mass is 9.86. The zero-order valence-electron chi connectivity index (χ0n) is 14.3. The second kappa shape index (κ2) is 7.93. The average molecular weight is 413 g/mol. The number of nitrogen functional groups attached to an aromatic ring is 1. The summed E-state index contributed by atoms with van der Waals surface area (Å²) >= 11 is 3.32. The van der Waals surface area contributed by atoms with Crippen molar-refractivity contribution in [3.63, 3.8) is 0 Å². The number of nitrogens with zero attached hydrogens (tertiary/aromatic N) is 3. The number of nitrogens with two attached hydrogens (primary N) is 1. The minimum Gasteiger partial charge on any atom is -0.399 e. The van der Waals surface area contributed by atoms with Crippen molar-refractivity contribution in [2.75, 3.05) is 5.73 Å². The molecule has 0 aliphatic rings. The summed E-state index contributed by atoms with van der Waals surface area (Å²) in [5, 5.41) is 20.2. The van der Waals surface area contributed by atoms with Crippen molar-refractivity contribution in [2.45, 2.75) is 19.3 Å². The molecular formula is C19H17BrN4O2. The first-order chi connectivity index (χ1) is 12.2. The summed E-state index contributed by atoms with van der Waals surface area (Å²) in [5.74, 6) is -0.125. The molecule has 0 atom stereocenters. The molecule has 3 rings (SSSR count). The van der Waals surface area contributed by atoms with Gasteiger partial charge in [-0.05, 0) is 65.7 Å². The molecule has 2 N–H and O–H groups in total. The fourth-order valence-corrected chi connectivity index (χ4v) is 2.53. The summed E-state index contributed by atoms with van der Waals surface area (Å²) in [7, 11) is 0. The van der Waals surface area contributed by atoms with Crippen LogP contribution in [0.3, 0.4) is 0 Å². The van der Waals surface area contributed by atoms with E-state index < -0.39 is 10.3 Å². The average Bonchev–Trinajstić information content (AvgIpc) is 2.62. The second-order valence-corrected chi connectivity index (χ2v) is 7.04. The van der Waals surface area contributed by atoms with E-state index in [9.17, 15) is 10.1 Å². The van der Waals surface area contributed by atoms with Crippen LogP contribution in [0.25, 0.3) is 10.9 Å². The molecule has 3 aromatic rings. The van der Waals surface area contributed by atoms with Crippen molar-refractivity contribution in [1.82, 2.24) is 4.98 Å². The molecule has 0 saturated carbocycles. The predicted octanol–water partition coefficient (Wildman–Crippen LogP) is 4.98. The molecule has 0 saturated heterocycles. The van der Waals surface area contributed by atoms with Gasteiger partial charge in [0.15, 0.2) is 5.52 Å². The van der Waals surface area contributed by atoms with Crippen LogP contribution in [0.1, 0.15) is 19.4 Å². The topological polar surface area (TPSA) is 106 Å². The Kier molecular flexibility index (Phi) is 5.90. The molecule has 0 amide bonds. The van der Waals surface area contributed by atoms with E-state index in [1.807, 2.05) is 44.2 Å². The number of nitro groups is 1. The molecule has 7 heteroatoms. The van der Waals surface area contributed by atoms with E-state index in [2.05, 4.69) is 27.0 Å². The molecule has 132 valence electrons. The van der Waals surface area contributed by atoms with Gasteiger partial charge in [-0.15, -0.1) is 0 Å². The fraction of sp³-hybridized carbons (Fsp3) is 0.158. The second-order valence-electron chi connectivity index (χ2n) is 6.12. The van der Waals surface area contributed by atoms with Crippen LogP contribution in [0.5, 0.6) is 0 Å². The third-order valence-electron chi connectivity index (χ3n) is 3.74. The summed E-state index contributed by atoms with van der Waals surface area (Å²) in [6.07, 6.45) is 0. The molecule has 1 heterocycles. The van der Waals surface area contributed by atoms with Gasteiger partial charge in [-0.25, -0.2) is 0 Å². The zero-order chi connectivity index (χ0) is 19.3. The lowest BCUT2D eigenvalue weighted by Crippen LogP contribution is -2.13. The maximum Gasteiger partial charge on any atom is 0.364 e. The van der Waals surface area contributed by atoms with E-state index in [4.69, 9.17) is 11.0 Å². The quantitative estimate of drug-likeness (QED) is 0.363. The first-order valence-corrected chi connectivity index (χ1v) is 8.50. The number of hydrogen-bond acceptors (Lipinski definition) is 5. The third-order valence-corrected chi connectivity index (χ3v) is 4.23. The molecule has 0 bridgehead atoms. The van der Waals surface area contributed by atoms with Crippen molar-refractivity contribution in [3.8, 4) is 6.07 Å². The summed E-state index contributed by atoms with van der Waals surface area (Å²) in [4.78, 5) is 13.8. The van der Waals surface area contributed by atoms with Crippen LogP contribution in [-0.2, 0) is 5.41 Å². The number of fused-ring (bicyclic) bond motifs is 1. The van der Waals surface area contributed by atoms with Crippen molar-refractivity contribution in [3.05, 3.63) is 74.7 Å². The maximum absolute atomic E-state index is 10.4. The molecule has 0 aliphatic carbocycles. The van der Waals surface area contributed by atoms with Crippen molar-refractivity contribution >= 4 is 38.3 Å². The lowest BCUT2D eigenvalue weighted by molar-refractivity contribution is -0.389. The first-order valence-electron chi connectivity index (χ1n) is 7.71. The van der Waals surface area contributed by atoms with Gasteiger partial charge in [-0.2, -0.15) is 5.26 Å². The Bertz CT molecular complexity index is 979. The summed E-state index contributed by atoms with van der Waals surface area (Å²) in [6.45, 7) is 3.77. The van der Waals surface area contributed by atoms with Crippen LogP contribution in [0.15, 0.2) is 59.1 Å². The zero-order valence-corrected chi connectivity index (χ0v) is 15.9. The third kappa shape index (κ3) is 4.77. The molecular weight excluding hydrogens is 396 g/mol. The number of rotatable bonds is 2. The number of aromatic nitrogens is 1. The van der Waals surface area contributed by atoms with E-state index in [1.54, 1.807) is 18.2 Å². The summed E-state index contributed by atoms with van der Waals surface area (Å²) in [6, 6.07) is 18.1. The van der Waals surface area contributed by atoms with Gasteiger partial charge in [0.25, 0.3) is 0 Å². The van der Waals surface area contributed by atoms with E-state index in [0.717, 1.165) is 21.1 Å². The van der Waals surface area contributed by atoms with Gasteiger partial charge in [0, 0.05) is 21.6 Å². The molecule has 0 aliphatic heterocycles. The number of pyridine rings is 1. The standard InChI is InChI=1S/C10H12N2.C9H5BrN2O2/c1-10(2,7-11)8-3-5-9(12)6-4-8;10-7-2-3-8-6(5-7)1-4-9(11-8)12(13)14/h3-6H,12H2,1-2H3;1-5H. The van der Waals surface area contributed by atoms with Gasteiger partial charge in [0.2, 0.25) is 0 Å². The molecule has 0 unspecified atom stereocenters. The van der Waals surface area contributed by atoms with Crippen LogP contribution in [0.4, 0.5) is 11.5 Å². The number of nitriles is 1. The highest BCUT2D eigenvalue weighted by Gasteiger charge is 2.18. The van der Waals surface area contributed by atoms with Crippen LogP contribution >= 0.6 is 15.9 Å². The Morgan fingerprint density at radius 3 is 2.38 bits per heavy atom. The summed E-state index contributed by atoms with van der Waals surface area (Å²) < 4.78 is 0.931. The smallest absolute Gasteiger partial charge is 0.364 e. The van der Waals surface area contributed by atoms with E-state index in [1.165, 1.54) is 6.07 Å². The van der Waals surface area contributed by atoms with Crippen LogP contribution < -0.4 is 5.73 Å². The normalized spacial score (nSPS) is 10.5. The Labute approximate surface area is 159 Å². The Balaban J connectivity index is 0.000000190. The Hall–Kier alpha value is -2.98. The highest BCUT2D eigenvalue weighted by Crippen LogP contribution is 2.22. The van der Waals surface area contributed by atoms with E-state index in [0.29, 0.717) is 5.52 Å². The van der Waals surface area contributed by atoms with Gasteiger partial charge >= 0.3 is 5.82 Å². The van der Waals surface area contributed by atoms with Crippen LogP contribution in [0, 0.1) is 21.4 Å². The number of benzene rings is 2. The van der Waals surface area contributed by atoms with Gasteiger partial charge in [-0.3, -0.25) is 0 Å². The highest BCUT2D eigenvalue weighted by molar-refractivity contribution is 9.10. The summed E-state index contributed by atoms with van der Waals surface area (Å²) in [5.41, 5.74) is 7.46. The fourth-order valence-electron chi connectivity index (χ4n) is 2.15. The van der Waals surface area contributed by atoms with E-state index in [-0.39, 0.29) is 5.82 Å². The van der Waals surface area contributed by atoms with Crippen molar-refractivity contribution < 1.29 is 4.92 Å². The van der Waals surface area contributed by atoms with Crippen molar-refractivity contribution in [1.29, 1.82) is 5.26 Å². The van der Waals surface area contributed by atoms with Gasteiger partial charge < -0.3 is 15.8 Å². The Morgan fingerprint density at radius 2 is 1.81 bits per heavy atom. The highest BCUT2D eigenvalue weighted by atomic mass is 79.9. The predicted molar refractivity (Wildman–Crippen MR) is 106 cm³/mol. The number of halogens is 1. The molecule has 1 aromatic heterocycles. The Morgan fingerprint density at radius 1 is 1.15 bits per heavy atom. The largest absolute Gasteiger partial charge is 0.399 e. The van der Waals surface area contributed by atoms with Gasteiger partial charge in [0.1, 0.15) is 0 Å². The molecule has 6 nitrogen and oxygen atoms in total. The minimum absolute atomic E-state index is 0.125. The van der Waals surface area contributed by atoms with Gasteiger partial charge in [-0.1, -0.05) is 28.1 Å². The van der Waals surface area contributed by atoms with Crippen molar-refractivity contribution in [2.24, 2.45) is 0 Å². The number of anilines is 1. The molecule has 26 heavy (non-hydrogen) atoms. The monoisotopic (exact) mass is 412 g/mol.